The molecule has 0 atom stereocenters. The zero-order valence-corrected chi connectivity index (χ0v) is 8.88. The summed E-state index contributed by atoms with van der Waals surface area (Å²) in [5.41, 5.74) is -0.291. The third-order valence-electron chi connectivity index (χ3n) is 1.62. The van der Waals surface area contributed by atoms with Gasteiger partial charge in [0.15, 0.2) is 0 Å². The van der Waals surface area contributed by atoms with Gasteiger partial charge in [0.05, 0.1) is 13.7 Å². The molecule has 3 nitrogen and oxygen atoms in total. The van der Waals surface area contributed by atoms with Crippen molar-refractivity contribution in [2.24, 2.45) is 0 Å². The lowest BCUT2D eigenvalue weighted by molar-refractivity contribution is 0.144. The van der Waals surface area contributed by atoms with E-state index in [9.17, 15) is 8.78 Å². The maximum atomic E-state index is 12.4. The minimum Gasteiger partial charge on any atom is -0.495 e. The molecule has 1 aromatic heterocycles. The number of methoxy groups -OCH3 is 1. The Labute approximate surface area is 87.9 Å². The first kappa shape index (κ1) is 11.3. The number of nitrogens with zero attached hydrogens (tertiary/aromatic N) is 1. The number of aliphatic hydroxyl groups excluding tert-OH is 1. The van der Waals surface area contributed by atoms with Gasteiger partial charge in [-0.3, -0.25) is 0 Å². The summed E-state index contributed by atoms with van der Waals surface area (Å²) in [6.45, 7) is -0.434. The molecule has 0 bridgehead atoms. The van der Waals surface area contributed by atoms with E-state index in [4.69, 9.17) is 9.84 Å². The van der Waals surface area contributed by atoms with Gasteiger partial charge >= 0.3 is 0 Å². The molecule has 1 N–H and O–H groups in total. The van der Waals surface area contributed by atoms with Gasteiger partial charge in [-0.05, 0) is 22.0 Å². The molecule has 0 radical (unpaired) electrons. The van der Waals surface area contributed by atoms with Gasteiger partial charge in [0, 0.05) is 4.47 Å². The summed E-state index contributed by atoms with van der Waals surface area (Å²) in [7, 11) is 1.38. The number of aromatic nitrogens is 1. The second-order valence-electron chi connectivity index (χ2n) is 2.46. The Hall–Kier alpha value is -0.750. The Kier molecular flexibility index (Phi) is 3.77. The molecular formula is C8H8BrF2NO2. The number of ether oxygens (including phenoxy) is 1. The normalized spacial score (nSPS) is 10.7. The topological polar surface area (TPSA) is 42.4 Å². The van der Waals surface area contributed by atoms with Crippen LogP contribution in [0.2, 0.25) is 0 Å². The van der Waals surface area contributed by atoms with Crippen molar-refractivity contribution in [3.63, 3.8) is 0 Å². The van der Waals surface area contributed by atoms with Crippen molar-refractivity contribution in [3.05, 3.63) is 21.9 Å². The maximum absolute atomic E-state index is 12.4. The van der Waals surface area contributed by atoms with Crippen molar-refractivity contribution in [1.82, 2.24) is 4.98 Å². The summed E-state index contributed by atoms with van der Waals surface area (Å²) >= 11 is 2.95. The molecule has 0 aliphatic carbocycles. The van der Waals surface area contributed by atoms with Crippen LogP contribution in [0.25, 0.3) is 0 Å². The third-order valence-corrected chi connectivity index (χ3v) is 2.25. The van der Waals surface area contributed by atoms with Crippen molar-refractivity contribution < 1.29 is 18.6 Å². The van der Waals surface area contributed by atoms with E-state index in [1.807, 2.05) is 0 Å². The average molecular weight is 268 g/mol. The van der Waals surface area contributed by atoms with Crippen LogP contribution in [0.4, 0.5) is 8.78 Å². The van der Waals surface area contributed by atoms with E-state index < -0.39 is 18.7 Å². The third kappa shape index (κ3) is 2.19. The van der Waals surface area contributed by atoms with Crippen molar-refractivity contribution >= 4 is 15.9 Å². The Morgan fingerprint density at radius 3 is 2.71 bits per heavy atom. The zero-order chi connectivity index (χ0) is 10.7. The Morgan fingerprint density at radius 2 is 2.29 bits per heavy atom. The summed E-state index contributed by atoms with van der Waals surface area (Å²) in [5.74, 6) is 0.281. The van der Waals surface area contributed by atoms with E-state index in [1.54, 1.807) is 0 Å². The summed E-state index contributed by atoms with van der Waals surface area (Å²) in [4.78, 5) is 3.59. The smallest absolute Gasteiger partial charge is 0.281 e. The van der Waals surface area contributed by atoms with Crippen LogP contribution >= 0.6 is 15.9 Å². The first-order valence-electron chi connectivity index (χ1n) is 3.72. The standard InChI is InChI=1S/C8H8BrF2NO2/c1-14-6-2-4(9)7(8(10)11)12-5(6)3-13/h2,8,13H,3H2,1H3. The molecule has 78 valence electrons. The van der Waals surface area contributed by atoms with Gasteiger partial charge < -0.3 is 9.84 Å². The van der Waals surface area contributed by atoms with Crippen molar-refractivity contribution in [1.29, 1.82) is 0 Å². The van der Waals surface area contributed by atoms with Gasteiger partial charge in [-0.1, -0.05) is 0 Å². The molecule has 14 heavy (non-hydrogen) atoms. The van der Waals surface area contributed by atoms with E-state index in [1.165, 1.54) is 13.2 Å². The number of rotatable bonds is 3. The average Bonchev–Trinajstić information content (AvgIpc) is 2.16. The maximum Gasteiger partial charge on any atom is 0.281 e. The Balaban J connectivity index is 3.23. The monoisotopic (exact) mass is 267 g/mol. The second-order valence-corrected chi connectivity index (χ2v) is 3.32. The van der Waals surface area contributed by atoms with E-state index in [0.717, 1.165) is 0 Å². The molecule has 0 aliphatic heterocycles. The highest BCUT2D eigenvalue weighted by Crippen LogP contribution is 2.30. The van der Waals surface area contributed by atoms with Gasteiger partial charge in [0.1, 0.15) is 17.1 Å². The predicted molar refractivity (Wildman–Crippen MR) is 49.4 cm³/mol. The molecule has 1 rings (SSSR count). The second kappa shape index (κ2) is 4.65. The summed E-state index contributed by atoms with van der Waals surface area (Å²) < 4.78 is 29.8. The van der Waals surface area contributed by atoms with Crippen LogP contribution in [0, 0.1) is 0 Å². The summed E-state index contributed by atoms with van der Waals surface area (Å²) in [6.07, 6.45) is -2.68. The number of pyridine rings is 1. The van der Waals surface area contributed by atoms with Gasteiger partial charge in [0.2, 0.25) is 0 Å². The van der Waals surface area contributed by atoms with Gasteiger partial charge in [-0.25, -0.2) is 13.8 Å². The van der Waals surface area contributed by atoms with Gasteiger partial charge in [0.25, 0.3) is 6.43 Å². The van der Waals surface area contributed by atoms with Crippen molar-refractivity contribution in [3.8, 4) is 5.75 Å². The molecule has 0 aliphatic rings. The lowest BCUT2D eigenvalue weighted by Crippen LogP contribution is -2.01. The van der Waals surface area contributed by atoms with Crippen LogP contribution in [-0.4, -0.2) is 17.2 Å². The fourth-order valence-corrected chi connectivity index (χ4v) is 1.44. The minimum absolute atomic E-state index is 0.103. The predicted octanol–water partition coefficient (Wildman–Crippen LogP) is 2.28. The number of halogens is 3. The van der Waals surface area contributed by atoms with Gasteiger partial charge in [-0.2, -0.15) is 0 Å². The Bertz CT molecular complexity index is 333. The molecule has 0 saturated carbocycles. The highest BCUT2D eigenvalue weighted by Gasteiger charge is 2.17. The van der Waals surface area contributed by atoms with E-state index >= 15 is 0 Å². The van der Waals surface area contributed by atoms with Crippen LogP contribution < -0.4 is 4.74 Å². The molecule has 1 aromatic rings. The number of hydrogen-bond donors (Lipinski definition) is 1. The van der Waals surface area contributed by atoms with Crippen LogP contribution in [0.5, 0.6) is 5.75 Å². The fraction of sp³-hybridized carbons (Fsp3) is 0.375. The number of aliphatic hydroxyl groups is 1. The van der Waals surface area contributed by atoms with Crippen LogP contribution in [0.3, 0.4) is 0 Å². The first-order chi connectivity index (χ1) is 6.60. The largest absolute Gasteiger partial charge is 0.495 e. The van der Waals surface area contributed by atoms with E-state index in [0.29, 0.717) is 0 Å². The lowest BCUT2D eigenvalue weighted by Gasteiger charge is -2.09. The molecular weight excluding hydrogens is 260 g/mol. The molecule has 0 spiro atoms. The van der Waals surface area contributed by atoms with Crippen LogP contribution in [0.15, 0.2) is 10.5 Å². The van der Waals surface area contributed by atoms with Gasteiger partial charge in [-0.15, -0.1) is 0 Å². The van der Waals surface area contributed by atoms with Crippen LogP contribution in [-0.2, 0) is 6.61 Å². The minimum atomic E-state index is -2.68. The number of alkyl halides is 2. The molecule has 6 heteroatoms. The SMILES string of the molecule is COc1cc(Br)c(C(F)F)nc1CO. The molecule has 0 fully saturated rings. The molecule has 1 heterocycles. The first-order valence-corrected chi connectivity index (χ1v) is 4.51. The molecule has 0 unspecified atom stereocenters. The number of hydrogen-bond acceptors (Lipinski definition) is 3. The van der Waals surface area contributed by atoms with Crippen molar-refractivity contribution in [2.75, 3.05) is 7.11 Å². The zero-order valence-electron chi connectivity index (χ0n) is 7.30. The van der Waals surface area contributed by atoms with E-state index in [-0.39, 0.29) is 15.9 Å². The van der Waals surface area contributed by atoms with Crippen molar-refractivity contribution in [2.45, 2.75) is 13.0 Å². The summed E-state index contributed by atoms with van der Waals surface area (Å²) in [6, 6.07) is 1.36. The Morgan fingerprint density at radius 1 is 1.64 bits per heavy atom. The van der Waals surface area contributed by atoms with E-state index in [2.05, 4.69) is 20.9 Å². The quantitative estimate of drug-likeness (QED) is 0.914. The molecule has 0 aromatic carbocycles. The molecule has 0 saturated heterocycles. The van der Waals surface area contributed by atoms with Crippen LogP contribution in [0.1, 0.15) is 17.8 Å². The summed E-state index contributed by atoms with van der Waals surface area (Å²) in [5, 5.41) is 8.84. The lowest BCUT2D eigenvalue weighted by atomic mass is 10.3. The molecule has 0 amide bonds. The highest BCUT2D eigenvalue weighted by atomic mass is 79.9. The highest BCUT2D eigenvalue weighted by molar-refractivity contribution is 9.10. The fourth-order valence-electron chi connectivity index (χ4n) is 0.969.